The summed E-state index contributed by atoms with van der Waals surface area (Å²) in [6.45, 7) is 2.72. The minimum atomic E-state index is -0.799. The van der Waals surface area contributed by atoms with Gasteiger partial charge in [0.25, 0.3) is 5.91 Å². The molecule has 2 heterocycles. The van der Waals surface area contributed by atoms with Crippen molar-refractivity contribution in [1.29, 1.82) is 0 Å². The van der Waals surface area contributed by atoms with E-state index < -0.39 is 11.9 Å². The molecule has 130 valence electrons. The van der Waals surface area contributed by atoms with Crippen molar-refractivity contribution in [2.45, 2.75) is 13.3 Å². The van der Waals surface area contributed by atoms with E-state index in [4.69, 9.17) is 0 Å². The second-order valence-corrected chi connectivity index (χ2v) is 6.47. The van der Waals surface area contributed by atoms with Crippen LogP contribution in [0.2, 0.25) is 0 Å². The number of nitrogens with one attached hydrogen (secondary N) is 1. The number of aromatic amines is 1. The topological polar surface area (TPSA) is 90.5 Å². The maximum atomic E-state index is 12.6. The fourth-order valence-electron chi connectivity index (χ4n) is 3.28. The number of ketones is 1. The van der Waals surface area contributed by atoms with E-state index in [1.165, 1.54) is 0 Å². The highest BCUT2D eigenvalue weighted by Gasteiger charge is 2.33. The lowest BCUT2D eigenvalue weighted by atomic mass is 9.87. The van der Waals surface area contributed by atoms with Crippen LogP contribution in [0, 0.1) is 11.8 Å². The molecule has 1 fully saturated rings. The molecule has 2 aromatic rings. The molecule has 25 heavy (non-hydrogen) atoms. The minimum absolute atomic E-state index is 0.0790. The number of likely N-dealkylation sites (tertiary alicyclic amines) is 1. The van der Waals surface area contributed by atoms with Gasteiger partial charge in [0.15, 0.2) is 5.78 Å². The molecule has 1 aromatic carbocycles. The van der Waals surface area contributed by atoms with E-state index in [0.29, 0.717) is 36.2 Å². The van der Waals surface area contributed by atoms with Gasteiger partial charge in [-0.3, -0.25) is 14.4 Å². The second-order valence-electron chi connectivity index (χ2n) is 6.47. The quantitative estimate of drug-likeness (QED) is 0.837. The van der Waals surface area contributed by atoms with Gasteiger partial charge in [-0.1, -0.05) is 19.1 Å². The van der Waals surface area contributed by atoms with Crippen LogP contribution in [-0.4, -0.2) is 45.7 Å². The number of amides is 1. The first kappa shape index (κ1) is 17.0. The lowest BCUT2D eigenvalue weighted by molar-refractivity contribution is -0.145. The zero-order valence-electron chi connectivity index (χ0n) is 13.9. The van der Waals surface area contributed by atoms with Crippen molar-refractivity contribution in [1.82, 2.24) is 9.88 Å². The van der Waals surface area contributed by atoms with Gasteiger partial charge in [0.05, 0.1) is 5.92 Å². The number of H-pyrrole nitrogens is 1. The maximum absolute atomic E-state index is 12.6. The van der Waals surface area contributed by atoms with Crippen LogP contribution in [0.15, 0.2) is 42.7 Å². The summed E-state index contributed by atoms with van der Waals surface area (Å²) in [6, 6.07) is 8.30. The summed E-state index contributed by atoms with van der Waals surface area (Å²) in [6.07, 6.45) is 3.79. The van der Waals surface area contributed by atoms with Gasteiger partial charge in [0.2, 0.25) is 0 Å². The molecule has 6 nitrogen and oxygen atoms in total. The summed E-state index contributed by atoms with van der Waals surface area (Å²) >= 11 is 0. The molecule has 0 radical (unpaired) electrons. The minimum Gasteiger partial charge on any atom is -0.481 e. The van der Waals surface area contributed by atoms with Crippen LogP contribution < -0.4 is 0 Å². The molecule has 1 saturated heterocycles. The Morgan fingerprint density at radius 3 is 2.32 bits per heavy atom. The lowest BCUT2D eigenvalue weighted by Gasteiger charge is -2.35. The van der Waals surface area contributed by atoms with Crippen molar-refractivity contribution in [2.24, 2.45) is 11.8 Å². The Morgan fingerprint density at radius 1 is 1.08 bits per heavy atom. The van der Waals surface area contributed by atoms with Crippen molar-refractivity contribution in [3.05, 3.63) is 59.4 Å². The Kier molecular flexibility index (Phi) is 4.70. The fraction of sp³-hybridized carbons (Fsp3) is 0.316. The number of rotatable bonds is 4. The number of hydrogen-bond acceptors (Lipinski definition) is 3. The van der Waals surface area contributed by atoms with Crippen molar-refractivity contribution in [3.63, 3.8) is 0 Å². The molecule has 2 N–H and O–H groups in total. The number of carboxylic acid groups (broad SMARTS) is 1. The molecule has 0 spiro atoms. The average molecular weight is 340 g/mol. The van der Waals surface area contributed by atoms with Crippen LogP contribution in [-0.2, 0) is 4.79 Å². The van der Waals surface area contributed by atoms with E-state index in [2.05, 4.69) is 4.98 Å². The monoisotopic (exact) mass is 340 g/mol. The SMILES string of the molecule is CC1CN(C(=O)c2ccc(C(=O)c3cc[nH]c3)cc2)CCC1C(=O)O. The normalized spacial score (nSPS) is 20.3. The highest BCUT2D eigenvalue weighted by molar-refractivity contribution is 6.09. The number of nitrogens with zero attached hydrogens (tertiary/aromatic N) is 1. The summed E-state index contributed by atoms with van der Waals surface area (Å²) in [5, 5.41) is 9.17. The Morgan fingerprint density at radius 2 is 1.76 bits per heavy atom. The van der Waals surface area contributed by atoms with Gasteiger partial charge in [0, 0.05) is 42.2 Å². The number of piperidine rings is 1. The first-order chi connectivity index (χ1) is 12.0. The molecule has 6 heteroatoms. The van der Waals surface area contributed by atoms with Crippen molar-refractivity contribution in [3.8, 4) is 0 Å². The fourth-order valence-corrected chi connectivity index (χ4v) is 3.28. The van der Waals surface area contributed by atoms with Gasteiger partial charge in [-0.25, -0.2) is 0 Å². The molecule has 2 unspecified atom stereocenters. The number of hydrogen-bond donors (Lipinski definition) is 2. The van der Waals surface area contributed by atoms with Gasteiger partial charge in [0.1, 0.15) is 0 Å². The van der Waals surface area contributed by atoms with Crippen molar-refractivity contribution in [2.75, 3.05) is 13.1 Å². The van der Waals surface area contributed by atoms with Crippen LogP contribution >= 0.6 is 0 Å². The highest BCUT2D eigenvalue weighted by atomic mass is 16.4. The van der Waals surface area contributed by atoms with Crippen molar-refractivity contribution >= 4 is 17.7 Å². The summed E-state index contributed by atoms with van der Waals surface area (Å²) in [5.74, 6) is -1.50. The molecule has 0 bridgehead atoms. The predicted molar refractivity (Wildman–Crippen MR) is 91.5 cm³/mol. The molecule has 1 aliphatic heterocycles. The van der Waals surface area contributed by atoms with E-state index in [1.807, 2.05) is 6.92 Å². The Bertz CT molecular complexity index is 780. The number of carboxylic acids is 1. The summed E-state index contributed by atoms with van der Waals surface area (Å²) in [5.41, 5.74) is 1.60. The second kappa shape index (κ2) is 6.93. The van der Waals surface area contributed by atoms with Crippen LogP contribution in [0.3, 0.4) is 0 Å². The van der Waals surface area contributed by atoms with Crippen LogP contribution in [0.5, 0.6) is 0 Å². The highest BCUT2D eigenvalue weighted by Crippen LogP contribution is 2.25. The van der Waals surface area contributed by atoms with Crippen LogP contribution in [0.25, 0.3) is 0 Å². The number of benzene rings is 1. The molecule has 1 aliphatic rings. The van der Waals surface area contributed by atoms with E-state index >= 15 is 0 Å². The van der Waals surface area contributed by atoms with E-state index in [9.17, 15) is 19.5 Å². The number of aliphatic carboxylic acids is 1. The zero-order valence-corrected chi connectivity index (χ0v) is 13.9. The largest absolute Gasteiger partial charge is 0.481 e. The molecule has 3 rings (SSSR count). The summed E-state index contributed by atoms with van der Waals surface area (Å²) in [4.78, 5) is 40.6. The smallest absolute Gasteiger partial charge is 0.306 e. The van der Waals surface area contributed by atoms with Gasteiger partial charge < -0.3 is 15.0 Å². The molecule has 1 aromatic heterocycles. The number of carbonyl (C=O) groups is 3. The molecule has 2 atom stereocenters. The predicted octanol–water partition coefficient (Wildman–Crippen LogP) is 2.43. The zero-order chi connectivity index (χ0) is 18.0. The number of carbonyl (C=O) groups excluding carboxylic acids is 2. The van der Waals surface area contributed by atoms with Gasteiger partial charge in [-0.15, -0.1) is 0 Å². The third kappa shape index (κ3) is 3.47. The van der Waals surface area contributed by atoms with Crippen molar-refractivity contribution < 1.29 is 19.5 Å². The van der Waals surface area contributed by atoms with E-state index in [0.717, 1.165) is 0 Å². The standard InChI is InChI=1S/C19H20N2O4/c1-12-11-21(9-7-16(12)19(24)25)18(23)14-4-2-13(3-5-14)17(22)15-6-8-20-10-15/h2-6,8,10,12,16,20H,7,9,11H2,1H3,(H,24,25). The average Bonchev–Trinajstić information content (AvgIpc) is 3.15. The van der Waals surface area contributed by atoms with Gasteiger partial charge in [-0.05, 0) is 30.5 Å². The first-order valence-electron chi connectivity index (χ1n) is 8.27. The van der Waals surface area contributed by atoms with Crippen LogP contribution in [0.1, 0.15) is 39.6 Å². The van der Waals surface area contributed by atoms with Gasteiger partial charge in [-0.2, -0.15) is 0 Å². The first-order valence-corrected chi connectivity index (χ1v) is 8.27. The van der Waals surface area contributed by atoms with E-state index in [1.54, 1.807) is 47.6 Å². The Balaban J connectivity index is 1.69. The van der Waals surface area contributed by atoms with Crippen LogP contribution in [0.4, 0.5) is 0 Å². The summed E-state index contributed by atoms with van der Waals surface area (Å²) < 4.78 is 0. The molecular formula is C19H20N2O4. The lowest BCUT2D eigenvalue weighted by Crippen LogP contribution is -2.45. The van der Waals surface area contributed by atoms with Gasteiger partial charge >= 0.3 is 5.97 Å². The molecule has 0 aliphatic carbocycles. The Labute approximate surface area is 145 Å². The summed E-state index contributed by atoms with van der Waals surface area (Å²) in [7, 11) is 0. The maximum Gasteiger partial charge on any atom is 0.306 e. The molecule has 1 amide bonds. The third-order valence-electron chi connectivity index (χ3n) is 4.76. The van der Waals surface area contributed by atoms with E-state index in [-0.39, 0.29) is 17.6 Å². The number of aromatic nitrogens is 1. The Hall–Kier alpha value is -2.89. The molecule has 0 saturated carbocycles. The third-order valence-corrected chi connectivity index (χ3v) is 4.76. The molecular weight excluding hydrogens is 320 g/mol.